The Morgan fingerprint density at radius 1 is 1.21 bits per heavy atom. The smallest absolute Gasteiger partial charge is 0.129 e. The number of aryl methyl sites for hydroxylation is 2. The van der Waals surface area contributed by atoms with Crippen LogP contribution in [0.2, 0.25) is 0 Å². The minimum Gasteiger partial charge on any atom is -0.397 e. The number of benzene rings is 1. The second-order valence-electron chi connectivity index (χ2n) is 4.81. The van der Waals surface area contributed by atoms with E-state index >= 15 is 0 Å². The van der Waals surface area contributed by atoms with Crippen LogP contribution in [0, 0.1) is 19.7 Å². The minimum absolute atomic E-state index is 0.0232. The number of hydrogen-bond donors (Lipinski definition) is 2. The van der Waals surface area contributed by atoms with Gasteiger partial charge in [0.15, 0.2) is 0 Å². The molecule has 1 unspecified atom stereocenters. The molecule has 1 heterocycles. The monoisotopic (exact) mass is 259 g/mol. The lowest BCUT2D eigenvalue weighted by Crippen LogP contribution is -2.10. The number of nitrogens with one attached hydrogen (secondary N) is 1. The van der Waals surface area contributed by atoms with E-state index in [1.165, 1.54) is 0 Å². The molecule has 0 aliphatic carbocycles. The summed E-state index contributed by atoms with van der Waals surface area (Å²) in [7, 11) is 0. The zero-order valence-corrected chi connectivity index (χ0v) is 11.4. The van der Waals surface area contributed by atoms with Crippen LogP contribution < -0.4 is 11.1 Å². The molecule has 0 saturated heterocycles. The molecule has 3 N–H and O–H groups in total. The van der Waals surface area contributed by atoms with Crippen LogP contribution in [-0.2, 0) is 0 Å². The maximum absolute atomic E-state index is 13.6. The second kappa shape index (κ2) is 5.26. The van der Waals surface area contributed by atoms with Gasteiger partial charge in [0.25, 0.3) is 0 Å². The molecule has 0 saturated carbocycles. The molecule has 3 nitrogen and oxygen atoms in total. The van der Waals surface area contributed by atoms with Crippen molar-refractivity contribution < 1.29 is 4.39 Å². The predicted molar refractivity (Wildman–Crippen MR) is 76.6 cm³/mol. The SMILES string of the molecule is Cc1ccc(C(C)Nc2ncc(N)cc2C)cc1F. The summed E-state index contributed by atoms with van der Waals surface area (Å²) < 4.78 is 13.6. The molecule has 0 aliphatic rings. The van der Waals surface area contributed by atoms with E-state index in [9.17, 15) is 4.39 Å². The van der Waals surface area contributed by atoms with Crippen LogP contribution >= 0.6 is 0 Å². The van der Waals surface area contributed by atoms with E-state index in [0.717, 1.165) is 16.9 Å². The van der Waals surface area contributed by atoms with Gasteiger partial charge < -0.3 is 11.1 Å². The largest absolute Gasteiger partial charge is 0.397 e. The zero-order chi connectivity index (χ0) is 14.0. The van der Waals surface area contributed by atoms with Gasteiger partial charge >= 0.3 is 0 Å². The first-order chi connectivity index (χ1) is 8.97. The topological polar surface area (TPSA) is 50.9 Å². The first-order valence-corrected chi connectivity index (χ1v) is 6.22. The summed E-state index contributed by atoms with van der Waals surface area (Å²) in [5.41, 5.74) is 8.81. The number of rotatable bonds is 3. The van der Waals surface area contributed by atoms with Gasteiger partial charge in [-0.1, -0.05) is 12.1 Å². The number of hydrogen-bond acceptors (Lipinski definition) is 3. The fourth-order valence-corrected chi connectivity index (χ4v) is 1.91. The molecule has 2 rings (SSSR count). The highest BCUT2D eigenvalue weighted by Gasteiger charge is 2.09. The summed E-state index contributed by atoms with van der Waals surface area (Å²) in [5, 5.41) is 3.27. The predicted octanol–water partition coefficient (Wildman–Crippen LogP) is 3.59. The number of halogens is 1. The van der Waals surface area contributed by atoms with Crippen molar-refractivity contribution in [2.75, 3.05) is 11.1 Å². The Bertz CT molecular complexity index is 596. The number of nitrogens with zero attached hydrogens (tertiary/aromatic N) is 1. The minimum atomic E-state index is -0.187. The molecule has 1 aromatic carbocycles. The highest BCUT2D eigenvalue weighted by Crippen LogP contribution is 2.22. The Balaban J connectivity index is 2.20. The van der Waals surface area contributed by atoms with Gasteiger partial charge in [0, 0.05) is 0 Å². The molecule has 2 aromatic rings. The Hall–Kier alpha value is -2.10. The molecule has 1 aromatic heterocycles. The van der Waals surface area contributed by atoms with Crippen molar-refractivity contribution in [3.63, 3.8) is 0 Å². The lowest BCUT2D eigenvalue weighted by molar-refractivity contribution is 0.614. The average molecular weight is 259 g/mol. The Morgan fingerprint density at radius 2 is 1.95 bits per heavy atom. The number of anilines is 2. The Morgan fingerprint density at radius 3 is 2.58 bits per heavy atom. The van der Waals surface area contributed by atoms with Crippen LogP contribution in [-0.4, -0.2) is 4.98 Å². The number of pyridine rings is 1. The van der Waals surface area contributed by atoms with Crippen LogP contribution in [0.15, 0.2) is 30.5 Å². The molecule has 19 heavy (non-hydrogen) atoms. The number of nitrogen functional groups attached to an aromatic ring is 1. The molecule has 0 amide bonds. The molecule has 100 valence electrons. The van der Waals surface area contributed by atoms with Crippen LogP contribution in [0.5, 0.6) is 0 Å². The summed E-state index contributed by atoms with van der Waals surface area (Å²) in [6.45, 7) is 5.67. The highest BCUT2D eigenvalue weighted by molar-refractivity contribution is 5.51. The van der Waals surface area contributed by atoms with Crippen LogP contribution in [0.3, 0.4) is 0 Å². The third kappa shape index (κ3) is 3.02. The molecule has 1 atom stereocenters. The molecular weight excluding hydrogens is 241 g/mol. The summed E-state index contributed by atoms with van der Waals surface area (Å²) in [6, 6.07) is 7.09. The van der Waals surface area contributed by atoms with Gasteiger partial charge in [0.2, 0.25) is 0 Å². The fraction of sp³-hybridized carbons (Fsp3) is 0.267. The van der Waals surface area contributed by atoms with Gasteiger partial charge in [-0.15, -0.1) is 0 Å². The normalized spacial score (nSPS) is 12.2. The molecule has 0 spiro atoms. The van der Waals surface area contributed by atoms with Gasteiger partial charge in [-0.2, -0.15) is 0 Å². The van der Waals surface area contributed by atoms with Crippen molar-refractivity contribution in [1.82, 2.24) is 4.98 Å². The molecule has 0 aliphatic heterocycles. The maximum atomic E-state index is 13.6. The van der Waals surface area contributed by atoms with Crippen molar-refractivity contribution >= 4 is 11.5 Å². The van der Waals surface area contributed by atoms with E-state index in [1.807, 2.05) is 26.0 Å². The average Bonchev–Trinajstić information content (AvgIpc) is 2.36. The van der Waals surface area contributed by atoms with Crippen LogP contribution in [0.4, 0.5) is 15.9 Å². The van der Waals surface area contributed by atoms with Crippen LogP contribution in [0.1, 0.15) is 29.7 Å². The van der Waals surface area contributed by atoms with E-state index < -0.39 is 0 Å². The van der Waals surface area contributed by atoms with Crippen molar-refractivity contribution in [1.29, 1.82) is 0 Å². The lowest BCUT2D eigenvalue weighted by Gasteiger charge is -2.17. The highest BCUT2D eigenvalue weighted by atomic mass is 19.1. The summed E-state index contributed by atoms with van der Waals surface area (Å²) in [6.07, 6.45) is 1.61. The van der Waals surface area contributed by atoms with E-state index in [4.69, 9.17) is 5.73 Å². The van der Waals surface area contributed by atoms with Crippen molar-refractivity contribution in [3.8, 4) is 0 Å². The van der Waals surface area contributed by atoms with Gasteiger partial charge in [0.05, 0.1) is 17.9 Å². The standard InChI is InChI=1S/C15H18FN3/c1-9-4-5-12(7-14(9)16)11(3)19-15-10(2)6-13(17)8-18-15/h4-8,11H,17H2,1-3H3,(H,18,19). The quantitative estimate of drug-likeness (QED) is 0.885. The van der Waals surface area contributed by atoms with Crippen molar-refractivity contribution in [2.24, 2.45) is 0 Å². The van der Waals surface area contributed by atoms with Gasteiger partial charge in [0.1, 0.15) is 11.6 Å². The first kappa shape index (κ1) is 13.3. The summed E-state index contributed by atoms with van der Waals surface area (Å²) >= 11 is 0. The second-order valence-corrected chi connectivity index (χ2v) is 4.81. The Labute approximate surface area is 112 Å². The maximum Gasteiger partial charge on any atom is 0.129 e. The van der Waals surface area contributed by atoms with E-state index in [0.29, 0.717) is 11.3 Å². The molecule has 0 fully saturated rings. The van der Waals surface area contributed by atoms with Gasteiger partial charge in [-0.05, 0) is 49.6 Å². The third-order valence-electron chi connectivity index (χ3n) is 3.15. The summed E-state index contributed by atoms with van der Waals surface area (Å²) in [5.74, 6) is 0.579. The van der Waals surface area contributed by atoms with Crippen LogP contribution in [0.25, 0.3) is 0 Å². The van der Waals surface area contributed by atoms with Crippen molar-refractivity contribution in [2.45, 2.75) is 26.8 Å². The van der Waals surface area contributed by atoms with Gasteiger partial charge in [-0.25, -0.2) is 9.37 Å². The number of nitrogens with two attached hydrogens (primary N) is 1. The Kier molecular flexibility index (Phi) is 3.69. The third-order valence-corrected chi connectivity index (χ3v) is 3.15. The van der Waals surface area contributed by atoms with Gasteiger partial charge in [-0.3, -0.25) is 0 Å². The van der Waals surface area contributed by atoms with E-state index in [-0.39, 0.29) is 11.9 Å². The van der Waals surface area contributed by atoms with Crippen molar-refractivity contribution in [3.05, 3.63) is 53.0 Å². The zero-order valence-electron chi connectivity index (χ0n) is 11.4. The molecule has 0 radical (unpaired) electrons. The van der Waals surface area contributed by atoms with E-state index in [1.54, 1.807) is 25.3 Å². The molecule has 4 heteroatoms. The molecule has 0 bridgehead atoms. The van der Waals surface area contributed by atoms with E-state index in [2.05, 4.69) is 10.3 Å². The summed E-state index contributed by atoms with van der Waals surface area (Å²) in [4.78, 5) is 4.25. The first-order valence-electron chi connectivity index (χ1n) is 6.22. The fourth-order valence-electron chi connectivity index (χ4n) is 1.91. The lowest BCUT2D eigenvalue weighted by atomic mass is 10.1. The molecular formula is C15H18FN3. The number of aromatic nitrogens is 1.